The molecular formula is C20H20ClNO5. The summed E-state index contributed by atoms with van der Waals surface area (Å²) in [6.07, 6.45) is 0.474. The van der Waals surface area contributed by atoms with E-state index < -0.39 is 17.4 Å². The van der Waals surface area contributed by atoms with E-state index in [1.165, 1.54) is 0 Å². The monoisotopic (exact) mass is 389 g/mol. The first-order chi connectivity index (χ1) is 13.0. The number of amides is 1. The summed E-state index contributed by atoms with van der Waals surface area (Å²) in [5.74, 6) is -0.973. The molecule has 27 heavy (non-hydrogen) atoms. The van der Waals surface area contributed by atoms with E-state index in [4.69, 9.17) is 21.1 Å². The molecule has 0 aromatic heterocycles. The van der Waals surface area contributed by atoms with Crippen LogP contribution in [0.3, 0.4) is 0 Å². The number of carboxylic acids is 1. The molecule has 0 unspecified atom stereocenters. The molecule has 6 nitrogen and oxygen atoms in total. The number of halogens is 1. The molecule has 1 heterocycles. The predicted octanol–water partition coefficient (Wildman–Crippen LogP) is 3.28. The molecule has 0 saturated carbocycles. The van der Waals surface area contributed by atoms with Crippen LogP contribution in [0.4, 0.5) is 0 Å². The molecule has 2 aromatic rings. The van der Waals surface area contributed by atoms with Gasteiger partial charge in [0.15, 0.2) is 0 Å². The maximum atomic E-state index is 12.6. The normalized spacial score (nSPS) is 15.7. The summed E-state index contributed by atoms with van der Waals surface area (Å²) in [5.41, 5.74) is -0.00723. The highest BCUT2D eigenvalue weighted by Crippen LogP contribution is 2.23. The van der Waals surface area contributed by atoms with Crippen molar-refractivity contribution in [1.29, 1.82) is 0 Å². The van der Waals surface area contributed by atoms with Crippen molar-refractivity contribution < 1.29 is 24.2 Å². The van der Waals surface area contributed by atoms with Crippen LogP contribution in [-0.4, -0.2) is 35.7 Å². The van der Waals surface area contributed by atoms with E-state index >= 15 is 0 Å². The van der Waals surface area contributed by atoms with E-state index in [0.29, 0.717) is 36.2 Å². The van der Waals surface area contributed by atoms with E-state index in [1.54, 1.807) is 36.4 Å². The second kappa shape index (κ2) is 8.41. The van der Waals surface area contributed by atoms with Crippen molar-refractivity contribution in [3.05, 3.63) is 64.7 Å². The second-order valence-electron chi connectivity index (χ2n) is 6.40. The first-order valence-corrected chi connectivity index (χ1v) is 8.97. The highest BCUT2D eigenvalue weighted by atomic mass is 35.5. The van der Waals surface area contributed by atoms with E-state index in [2.05, 4.69) is 5.32 Å². The molecule has 2 N–H and O–H groups in total. The van der Waals surface area contributed by atoms with Gasteiger partial charge in [0, 0.05) is 36.6 Å². The number of carboxylic acid groups (broad SMARTS) is 1. The van der Waals surface area contributed by atoms with Gasteiger partial charge in [-0.3, -0.25) is 4.79 Å². The minimum Gasteiger partial charge on any atom is -0.489 e. The molecule has 2 aromatic carbocycles. The molecule has 0 spiro atoms. The Morgan fingerprint density at radius 3 is 2.52 bits per heavy atom. The third-order valence-corrected chi connectivity index (χ3v) is 4.78. The van der Waals surface area contributed by atoms with Gasteiger partial charge in [0.25, 0.3) is 5.91 Å². The number of benzene rings is 2. The number of rotatable bonds is 6. The quantitative estimate of drug-likeness (QED) is 0.792. The number of nitrogens with one attached hydrogen (secondary N) is 1. The maximum Gasteiger partial charge on any atom is 0.329 e. The summed E-state index contributed by atoms with van der Waals surface area (Å²) in [5, 5.41) is 12.9. The molecule has 7 heteroatoms. The Morgan fingerprint density at radius 1 is 1.15 bits per heavy atom. The summed E-state index contributed by atoms with van der Waals surface area (Å²) in [4.78, 5) is 24.3. The van der Waals surface area contributed by atoms with Crippen LogP contribution in [-0.2, 0) is 16.1 Å². The van der Waals surface area contributed by atoms with Crippen molar-refractivity contribution in [3.8, 4) is 5.75 Å². The van der Waals surface area contributed by atoms with E-state index in [1.807, 2.05) is 12.1 Å². The van der Waals surface area contributed by atoms with Crippen LogP contribution in [0.5, 0.6) is 5.75 Å². The molecule has 142 valence electrons. The van der Waals surface area contributed by atoms with E-state index in [0.717, 1.165) is 5.56 Å². The third kappa shape index (κ3) is 4.78. The Kier molecular flexibility index (Phi) is 5.98. The lowest BCUT2D eigenvalue weighted by molar-refractivity contribution is -0.148. The fraction of sp³-hybridized carbons (Fsp3) is 0.300. The van der Waals surface area contributed by atoms with Gasteiger partial charge < -0.3 is 19.9 Å². The van der Waals surface area contributed by atoms with Crippen LogP contribution in [0.25, 0.3) is 0 Å². The van der Waals surface area contributed by atoms with Gasteiger partial charge in [0.05, 0.1) is 0 Å². The second-order valence-corrected chi connectivity index (χ2v) is 6.83. The van der Waals surface area contributed by atoms with Gasteiger partial charge in [-0.05, 0) is 35.9 Å². The fourth-order valence-electron chi connectivity index (χ4n) is 2.88. The Morgan fingerprint density at radius 2 is 1.85 bits per heavy atom. The van der Waals surface area contributed by atoms with Crippen LogP contribution in [0.15, 0.2) is 48.5 Å². The highest BCUT2D eigenvalue weighted by Gasteiger charge is 2.41. The average molecular weight is 390 g/mol. The topological polar surface area (TPSA) is 84.9 Å². The van der Waals surface area contributed by atoms with E-state index in [9.17, 15) is 14.7 Å². The van der Waals surface area contributed by atoms with Gasteiger partial charge in [-0.25, -0.2) is 4.79 Å². The molecule has 3 rings (SSSR count). The van der Waals surface area contributed by atoms with Gasteiger partial charge >= 0.3 is 5.97 Å². The smallest absolute Gasteiger partial charge is 0.329 e. The minimum absolute atomic E-state index is 0.237. The van der Waals surface area contributed by atoms with E-state index in [-0.39, 0.29) is 12.8 Å². The summed E-state index contributed by atoms with van der Waals surface area (Å²) >= 11 is 5.86. The number of ether oxygens (including phenoxy) is 2. The van der Waals surface area contributed by atoms with Crippen molar-refractivity contribution in [3.63, 3.8) is 0 Å². The van der Waals surface area contributed by atoms with Crippen molar-refractivity contribution in [1.82, 2.24) is 5.32 Å². The zero-order chi connectivity index (χ0) is 19.3. The SMILES string of the molecule is O=C(NC1(C(=O)O)CCOCC1)c1cccc(OCc2ccc(Cl)cc2)c1. The Labute approximate surface area is 162 Å². The first-order valence-electron chi connectivity index (χ1n) is 8.59. The van der Waals surface area contributed by atoms with Crippen LogP contribution < -0.4 is 10.1 Å². The van der Waals surface area contributed by atoms with Gasteiger partial charge in [0.1, 0.15) is 17.9 Å². The summed E-state index contributed by atoms with van der Waals surface area (Å²) < 4.78 is 10.9. The molecule has 1 aliphatic rings. The number of aliphatic carboxylic acids is 1. The Bertz CT molecular complexity index is 815. The van der Waals surface area contributed by atoms with Crippen molar-refractivity contribution in [2.24, 2.45) is 0 Å². The lowest BCUT2D eigenvalue weighted by Gasteiger charge is -2.33. The summed E-state index contributed by atoms with van der Waals surface area (Å²) in [7, 11) is 0. The molecule has 0 radical (unpaired) electrons. The molecule has 0 bridgehead atoms. The number of hydrogen-bond acceptors (Lipinski definition) is 4. The fourth-order valence-corrected chi connectivity index (χ4v) is 3.00. The number of carbonyl (C=O) groups excluding carboxylic acids is 1. The molecule has 1 saturated heterocycles. The molecule has 1 aliphatic heterocycles. The standard InChI is InChI=1S/C20H20ClNO5/c21-16-6-4-14(5-7-16)13-27-17-3-1-2-15(12-17)18(23)22-20(19(24)25)8-10-26-11-9-20/h1-7,12H,8-11,13H2,(H,22,23)(H,24,25). The molecule has 1 fully saturated rings. The van der Waals surface area contributed by atoms with Crippen LogP contribution >= 0.6 is 11.6 Å². The first kappa shape index (κ1) is 19.2. The highest BCUT2D eigenvalue weighted by molar-refractivity contribution is 6.30. The largest absolute Gasteiger partial charge is 0.489 e. The molecule has 1 amide bonds. The van der Waals surface area contributed by atoms with Crippen molar-refractivity contribution in [2.45, 2.75) is 25.0 Å². The zero-order valence-electron chi connectivity index (χ0n) is 14.6. The Balaban J connectivity index is 1.67. The van der Waals surface area contributed by atoms with Gasteiger partial charge in [-0.1, -0.05) is 29.8 Å². The number of carbonyl (C=O) groups is 2. The molecular weight excluding hydrogens is 370 g/mol. The zero-order valence-corrected chi connectivity index (χ0v) is 15.4. The number of hydrogen-bond donors (Lipinski definition) is 2. The van der Waals surface area contributed by atoms with Crippen LogP contribution in [0.1, 0.15) is 28.8 Å². The lowest BCUT2D eigenvalue weighted by Crippen LogP contribution is -2.57. The van der Waals surface area contributed by atoms with Crippen LogP contribution in [0, 0.1) is 0 Å². The van der Waals surface area contributed by atoms with Gasteiger partial charge in [0.2, 0.25) is 0 Å². The summed E-state index contributed by atoms with van der Waals surface area (Å²) in [6, 6.07) is 13.9. The van der Waals surface area contributed by atoms with Gasteiger partial charge in [-0.15, -0.1) is 0 Å². The van der Waals surface area contributed by atoms with Crippen molar-refractivity contribution >= 4 is 23.5 Å². The van der Waals surface area contributed by atoms with Gasteiger partial charge in [-0.2, -0.15) is 0 Å². The third-order valence-electron chi connectivity index (χ3n) is 4.52. The Hall–Kier alpha value is -2.57. The molecule has 0 aliphatic carbocycles. The predicted molar refractivity (Wildman–Crippen MR) is 100 cm³/mol. The molecule has 0 atom stereocenters. The minimum atomic E-state index is -1.30. The summed E-state index contributed by atoms with van der Waals surface area (Å²) in [6.45, 7) is 0.937. The van der Waals surface area contributed by atoms with Crippen LogP contribution in [0.2, 0.25) is 5.02 Å². The maximum absolute atomic E-state index is 12.6. The average Bonchev–Trinajstić information content (AvgIpc) is 2.68. The lowest BCUT2D eigenvalue weighted by atomic mass is 9.89. The van der Waals surface area contributed by atoms with Crippen molar-refractivity contribution in [2.75, 3.05) is 13.2 Å².